The zero-order chi connectivity index (χ0) is 13.0. The number of amides is 1. The molecule has 0 radical (unpaired) electrons. The standard InChI is InChI=1S/C12H15NO4/c1-8(12(16)17)13(2)11(15)10-5-3-9(7-14)4-6-10/h3-6,8,14H,7H2,1-2H3,(H,16,17). The second kappa shape index (κ2) is 5.45. The molecule has 1 aromatic rings. The minimum absolute atomic E-state index is 0.0875. The number of carbonyl (C=O) groups is 2. The van der Waals surface area contributed by atoms with Gasteiger partial charge in [0.1, 0.15) is 6.04 Å². The smallest absolute Gasteiger partial charge is 0.326 e. The molecule has 0 aromatic heterocycles. The molecule has 0 saturated carbocycles. The molecule has 1 amide bonds. The third-order valence-electron chi connectivity index (χ3n) is 2.64. The van der Waals surface area contributed by atoms with Gasteiger partial charge in [-0.05, 0) is 24.6 Å². The van der Waals surface area contributed by atoms with Crippen molar-refractivity contribution in [2.24, 2.45) is 0 Å². The number of benzene rings is 1. The van der Waals surface area contributed by atoms with Gasteiger partial charge >= 0.3 is 5.97 Å². The van der Waals surface area contributed by atoms with Crippen LogP contribution < -0.4 is 0 Å². The molecule has 2 N–H and O–H groups in total. The molecule has 0 aliphatic carbocycles. The number of carboxylic acids is 1. The number of rotatable bonds is 4. The quantitative estimate of drug-likeness (QED) is 0.809. The monoisotopic (exact) mass is 237 g/mol. The normalized spacial score (nSPS) is 11.9. The topological polar surface area (TPSA) is 77.8 Å². The highest BCUT2D eigenvalue weighted by Crippen LogP contribution is 2.09. The zero-order valence-electron chi connectivity index (χ0n) is 9.75. The maximum absolute atomic E-state index is 11.9. The van der Waals surface area contributed by atoms with Crippen LogP contribution in [0.15, 0.2) is 24.3 Å². The molecule has 0 saturated heterocycles. The maximum atomic E-state index is 11.9. The van der Waals surface area contributed by atoms with Gasteiger partial charge in [0.25, 0.3) is 5.91 Å². The lowest BCUT2D eigenvalue weighted by molar-refractivity contribution is -0.141. The van der Waals surface area contributed by atoms with Gasteiger partial charge in [0.2, 0.25) is 0 Å². The lowest BCUT2D eigenvalue weighted by Crippen LogP contribution is -2.40. The van der Waals surface area contributed by atoms with E-state index in [-0.39, 0.29) is 12.5 Å². The summed E-state index contributed by atoms with van der Waals surface area (Å²) in [5, 5.41) is 17.7. The summed E-state index contributed by atoms with van der Waals surface area (Å²) in [4.78, 5) is 23.8. The van der Waals surface area contributed by atoms with Crippen LogP contribution in [0.25, 0.3) is 0 Å². The minimum atomic E-state index is -1.05. The first-order valence-corrected chi connectivity index (χ1v) is 5.17. The van der Waals surface area contributed by atoms with E-state index >= 15 is 0 Å². The highest BCUT2D eigenvalue weighted by Gasteiger charge is 2.22. The molecule has 17 heavy (non-hydrogen) atoms. The SMILES string of the molecule is CC(C(=O)O)N(C)C(=O)c1ccc(CO)cc1. The molecular weight excluding hydrogens is 222 g/mol. The van der Waals surface area contributed by atoms with E-state index in [0.29, 0.717) is 11.1 Å². The van der Waals surface area contributed by atoms with Crippen LogP contribution in [0.2, 0.25) is 0 Å². The van der Waals surface area contributed by atoms with Crippen molar-refractivity contribution >= 4 is 11.9 Å². The predicted molar refractivity (Wildman–Crippen MR) is 61.6 cm³/mol. The summed E-state index contributed by atoms with van der Waals surface area (Å²) in [6.07, 6.45) is 0. The van der Waals surface area contributed by atoms with Gasteiger partial charge in [-0.3, -0.25) is 4.79 Å². The van der Waals surface area contributed by atoms with Crippen molar-refractivity contribution in [1.82, 2.24) is 4.90 Å². The van der Waals surface area contributed by atoms with Crippen LogP contribution >= 0.6 is 0 Å². The molecule has 0 aliphatic heterocycles. The Morgan fingerprint density at radius 1 is 1.29 bits per heavy atom. The summed E-state index contributed by atoms with van der Waals surface area (Å²) in [5.41, 5.74) is 1.10. The Hall–Kier alpha value is -1.88. The van der Waals surface area contributed by atoms with E-state index in [1.54, 1.807) is 24.3 Å². The number of aliphatic hydroxyl groups is 1. The van der Waals surface area contributed by atoms with Crippen molar-refractivity contribution in [3.05, 3.63) is 35.4 Å². The van der Waals surface area contributed by atoms with Crippen LogP contribution in [-0.4, -0.2) is 40.1 Å². The minimum Gasteiger partial charge on any atom is -0.480 e. The van der Waals surface area contributed by atoms with Crippen LogP contribution in [0, 0.1) is 0 Å². The van der Waals surface area contributed by atoms with E-state index in [1.165, 1.54) is 14.0 Å². The van der Waals surface area contributed by atoms with Crippen molar-refractivity contribution in [1.29, 1.82) is 0 Å². The molecule has 0 heterocycles. The summed E-state index contributed by atoms with van der Waals surface area (Å²) >= 11 is 0. The number of hydrogen-bond donors (Lipinski definition) is 2. The third kappa shape index (κ3) is 3.04. The first kappa shape index (κ1) is 13.2. The number of aliphatic hydroxyl groups excluding tert-OH is 1. The molecule has 1 unspecified atom stereocenters. The van der Waals surface area contributed by atoms with Gasteiger partial charge in [0.05, 0.1) is 6.61 Å². The second-order valence-corrected chi connectivity index (χ2v) is 3.79. The van der Waals surface area contributed by atoms with Crippen LogP contribution in [0.3, 0.4) is 0 Å². The molecule has 5 nitrogen and oxygen atoms in total. The summed E-state index contributed by atoms with van der Waals surface area (Å²) < 4.78 is 0. The van der Waals surface area contributed by atoms with Gasteiger partial charge < -0.3 is 15.1 Å². The van der Waals surface area contributed by atoms with Crippen molar-refractivity contribution in [2.75, 3.05) is 7.05 Å². The number of hydrogen-bond acceptors (Lipinski definition) is 3. The number of carboxylic acid groups (broad SMARTS) is 1. The van der Waals surface area contributed by atoms with Gasteiger partial charge in [-0.15, -0.1) is 0 Å². The van der Waals surface area contributed by atoms with Crippen LogP contribution in [0.5, 0.6) is 0 Å². The van der Waals surface area contributed by atoms with Crippen molar-refractivity contribution in [3.63, 3.8) is 0 Å². The molecule has 1 atom stereocenters. The molecule has 0 fully saturated rings. The average molecular weight is 237 g/mol. The summed E-state index contributed by atoms with van der Waals surface area (Å²) in [7, 11) is 1.45. The zero-order valence-corrected chi connectivity index (χ0v) is 9.75. The van der Waals surface area contributed by atoms with Crippen molar-refractivity contribution in [3.8, 4) is 0 Å². The van der Waals surface area contributed by atoms with E-state index < -0.39 is 12.0 Å². The van der Waals surface area contributed by atoms with Crippen LogP contribution in [0.1, 0.15) is 22.8 Å². The van der Waals surface area contributed by atoms with Crippen molar-refractivity contribution < 1.29 is 19.8 Å². The molecule has 0 aliphatic rings. The van der Waals surface area contributed by atoms with E-state index in [2.05, 4.69) is 0 Å². The maximum Gasteiger partial charge on any atom is 0.326 e. The van der Waals surface area contributed by atoms with E-state index in [9.17, 15) is 9.59 Å². The summed E-state index contributed by atoms with van der Waals surface area (Å²) in [5.74, 6) is -1.41. The van der Waals surface area contributed by atoms with E-state index in [0.717, 1.165) is 4.90 Å². The molecule has 0 spiro atoms. The molecule has 5 heteroatoms. The van der Waals surface area contributed by atoms with E-state index in [1.807, 2.05) is 0 Å². The summed E-state index contributed by atoms with van der Waals surface area (Å²) in [6.45, 7) is 1.36. The Balaban J connectivity index is 2.85. The fourth-order valence-electron chi connectivity index (χ4n) is 1.30. The van der Waals surface area contributed by atoms with Gasteiger partial charge in [0, 0.05) is 12.6 Å². The van der Waals surface area contributed by atoms with Gasteiger partial charge in [-0.25, -0.2) is 4.79 Å². The number of aliphatic carboxylic acids is 1. The van der Waals surface area contributed by atoms with Gasteiger partial charge in [-0.2, -0.15) is 0 Å². The lowest BCUT2D eigenvalue weighted by atomic mass is 10.1. The Morgan fingerprint density at radius 3 is 2.24 bits per heavy atom. The lowest BCUT2D eigenvalue weighted by Gasteiger charge is -2.21. The molecule has 1 rings (SSSR count). The molecule has 1 aromatic carbocycles. The average Bonchev–Trinajstić information content (AvgIpc) is 2.36. The van der Waals surface area contributed by atoms with Crippen LogP contribution in [0.4, 0.5) is 0 Å². The molecular formula is C12H15NO4. The number of likely N-dealkylation sites (N-methyl/N-ethyl adjacent to an activating group) is 1. The molecule has 0 bridgehead atoms. The van der Waals surface area contributed by atoms with Crippen LogP contribution in [-0.2, 0) is 11.4 Å². The highest BCUT2D eigenvalue weighted by molar-refractivity contribution is 5.96. The second-order valence-electron chi connectivity index (χ2n) is 3.79. The fraction of sp³-hybridized carbons (Fsp3) is 0.333. The Kier molecular flexibility index (Phi) is 4.23. The Labute approximate surface area is 99.3 Å². The van der Waals surface area contributed by atoms with Gasteiger partial charge in [-0.1, -0.05) is 12.1 Å². The Morgan fingerprint density at radius 2 is 1.82 bits per heavy atom. The highest BCUT2D eigenvalue weighted by atomic mass is 16.4. The number of carbonyl (C=O) groups excluding carboxylic acids is 1. The Bertz CT molecular complexity index is 413. The van der Waals surface area contributed by atoms with Crippen molar-refractivity contribution in [2.45, 2.75) is 19.6 Å². The predicted octanol–water partition coefficient (Wildman–Crippen LogP) is 0.724. The first-order chi connectivity index (χ1) is 7.97. The summed E-state index contributed by atoms with van der Waals surface area (Å²) in [6, 6.07) is 5.52. The fourth-order valence-corrected chi connectivity index (χ4v) is 1.30. The third-order valence-corrected chi connectivity index (χ3v) is 2.64. The molecule has 92 valence electrons. The largest absolute Gasteiger partial charge is 0.480 e. The van der Waals surface area contributed by atoms with Gasteiger partial charge in [0.15, 0.2) is 0 Å². The number of nitrogens with zero attached hydrogens (tertiary/aromatic N) is 1. The van der Waals surface area contributed by atoms with E-state index in [4.69, 9.17) is 10.2 Å². The first-order valence-electron chi connectivity index (χ1n) is 5.17.